The minimum Gasteiger partial charge on any atom is -0.469 e. The zero-order valence-electron chi connectivity index (χ0n) is 11.1. The van der Waals surface area contributed by atoms with Crippen molar-refractivity contribution in [1.82, 2.24) is 4.90 Å². The number of hydrogen-bond acceptors (Lipinski definition) is 3. The Morgan fingerprint density at radius 3 is 2.68 bits per heavy atom. The van der Waals surface area contributed by atoms with Crippen molar-refractivity contribution in [2.45, 2.75) is 18.4 Å². The van der Waals surface area contributed by atoms with Gasteiger partial charge in [0, 0.05) is 19.6 Å². The Labute approximate surface area is 114 Å². The van der Waals surface area contributed by atoms with Crippen LogP contribution in [0.1, 0.15) is 17.7 Å². The van der Waals surface area contributed by atoms with E-state index in [4.69, 9.17) is 10.2 Å². The topological polar surface area (TPSA) is 42.4 Å². The van der Waals surface area contributed by atoms with Crippen molar-refractivity contribution in [2.75, 3.05) is 19.6 Å². The van der Waals surface area contributed by atoms with Crippen molar-refractivity contribution in [3.05, 3.63) is 60.1 Å². The predicted octanol–water partition coefficient (Wildman–Crippen LogP) is 2.38. The first kappa shape index (κ1) is 12.5. The summed E-state index contributed by atoms with van der Waals surface area (Å²) in [5.41, 5.74) is 7.38. The molecule has 1 atom stereocenters. The lowest BCUT2D eigenvalue weighted by molar-refractivity contribution is 0.284. The van der Waals surface area contributed by atoms with Gasteiger partial charge in [-0.15, -0.1) is 0 Å². The second-order valence-electron chi connectivity index (χ2n) is 5.41. The smallest absolute Gasteiger partial charge is 0.112 e. The van der Waals surface area contributed by atoms with Crippen LogP contribution in [0, 0.1) is 0 Å². The maximum atomic E-state index is 6.03. The molecule has 3 rings (SSSR count). The van der Waals surface area contributed by atoms with Crippen molar-refractivity contribution in [3.8, 4) is 0 Å². The number of nitrogens with two attached hydrogens (primary N) is 1. The number of likely N-dealkylation sites (tertiary alicyclic amines) is 1. The molecule has 1 unspecified atom stereocenters. The number of rotatable bonds is 4. The Bertz CT molecular complexity index is 509. The summed E-state index contributed by atoms with van der Waals surface area (Å²) >= 11 is 0. The number of benzene rings is 1. The van der Waals surface area contributed by atoms with Gasteiger partial charge in [-0.2, -0.15) is 0 Å². The van der Waals surface area contributed by atoms with Gasteiger partial charge >= 0.3 is 0 Å². The standard InChI is InChI=1S/C16H20N2O/c17-12-16(15-7-4-10-19-15)8-9-18(13-16)11-14-5-2-1-3-6-14/h1-7,10H,8-9,11-13,17H2. The van der Waals surface area contributed by atoms with Gasteiger partial charge in [0.1, 0.15) is 5.76 Å². The Morgan fingerprint density at radius 2 is 2.00 bits per heavy atom. The minimum absolute atomic E-state index is 0.00171. The average molecular weight is 256 g/mol. The first-order valence-electron chi connectivity index (χ1n) is 6.83. The van der Waals surface area contributed by atoms with Crippen LogP contribution in [0.3, 0.4) is 0 Å². The van der Waals surface area contributed by atoms with Crippen LogP contribution >= 0.6 is 0 Å². The van der Waals surface area contributed by atoms with E-state index in [1.54, 1.807) is 6.26 Å². The maximum Gasteiger partial charge on any atom is 0.112 e. The lowest BCUT2D eigenvalue weighted by Crippen LogP contribution is -2.37. The summed E-state index contributed by atoms with van der Waals surface area (Å²) < 4.78 is 5.60. The molecule has 1 aliphatic heterocycles. The molecule has 2 N–H and O–H groups in total. The summed E-state index contributed by atoms with van der Waals surface area (Å²) in [4.78, 5) is 2.46. The fourth-order valence-electron chi connectivity index (χ4n) is 2.98. The quantitative estimate of drug-likeness (QED) is 0.913. The summed E-state index contributed by atoms with van der Waals surface area (Å²) in [6.45, 7) is 3.69. The number of hydrogen-bond donors (Lipinski definition) is 1. The summed E-state index contributed by atoms with van der Waals surface area (Å²) in [7, 11) is 0. The molecule has 0 bridgehead atoms. The summed E-state index contributed by atoms with van der Waals surface area (Å²) in [6.07, 6.45) is 2.82. The molecule has 1 aliphatic rings. The summed E-state index contributed by atoms with van der Waals surface area (Å²) in [5, 5.41) is 0. The molecule has 2 aromatic rings. The van der Waals surface area contributed by atoms with Gasteiger partial charge in [0.2, 0.25) is 0 Å². The third-order valence-electron chi connectivity index (χ3n) is 4.12. The van der Waals surface area contributed by atoms with Crippen LogP contribution in [0.15, 0.2) is 53.1 Å². The molecule has 3 heteroatoms. The third kappa shape index (κ3) is 2.44. The molecule has 0 amide bonds. The third-order valence-corrected chi connectivity index (χ3v) is 4.12. The van der Waals surface area contributed by atoms with Crippen molar-refractivity contribution >= 4 is 0 Å². The normalized spacial score (nSPS) is 23.8. The van der Waals surface area contributed by atoms with Crippen LogP contribution in [-0.2, 0) is 12.0 Å². The zero-order chi connectivity index (χ0) is 13.1. The van der Waals surface area contributed by atoms with Crippen molar-refractivity contribution < 1.29 is 4.42 Å². The fraction of sp³-hybridized carbons (Fsp3) is 0.375. The van der Waals surface area contributed by atoms with Crippen molar-refractivity contribution in [2.24, 2.45) is 5.73 Å². The Balaban J connectivity index is 1.72. The van der Waals surface area contributed by atoms with E-state index in [0.29, 0.717) is 6.54 Å². The highest BCUT2D eigenvalue weighted by Crippen LogP contribution is 2.34. The van der Waals surface area contributed by atoms with E-state index in [0.717, 1.165) is 31.8 Å². The molecule has 0 aliphatic carbocycles. The molecule has 100 valence electrons. The molecule has 1 aromatic heterocycles. The van der Waals surface area contributed by atoms with Crippen LogP contribution in [0.5, 0.6) is 0 Å². The van der Waals surface area contributed by atoms with Gasteiger partial charge in [0.05, 0.1) is 11.7 Å². The first-order valence-corrected chi connectivity index (χ1v) is 6.83. The molecular weight excluding hydrogens is 236 g/mol. The van der Waals surface area contributed by atoms with Gasteiger partial charge in [-0.25, -0.2) is 0 Å². The summed E-state index contributed by atoms with van der Waals surface area (Å²) in [6, 6.07) is 14.6. The highest BCUT2D eigenvalue weighted by molar-refractivity contribution is 5.20. The lowest BCUT2D eigenvalue weighted by atomic mass is 9.84. The van der Waals surface area contributed by atoms with Gasteiger partial charge in [-0.3, -0.25) is 4.90 Å². The largest absolute Gasteiger partial charge is 0.469 e. The van der Waals surface area contributed by atoms with Gasteiger partial charge in [-0.1, -0.05) is 30.3 Å². The second-order valence-corrected chi connectivity index (χ2v) is 5.41. The van der Waals surface area contributed by atoms with Crippen LogP contribution in [0.2, 0.25) is 0 Å². The Hall–Kier alpha value is -1.58. The molecule has 2 heterocycles. The van der Waals surface area contributed by atoms with Gasteiger partial charge < -0.3 is 10.2 Å². The molecule has 0 spiro atoms. The predicted molar refractivity (Wildman–Crippen MR) is 75.8 cm³/mol. The van der Waals surface area contributed by atoms with E-state index >= 15 is 0 Å². The van der Waals surface area contributed by atoms with Gasteiger partial charge in [0.15, 0.2) is 0 Å². The summed E-state index contributed by atoms with van der Waals surface area (Å²) in [5.74, 6) is 1.03. The van der Waals surface area contributed by atoms with Crippen LogP contribution in [-0.4, -0.2) is 24.5 Å². The molecule has 19 heavy (non-hydrogen) atoms. The lowest BCUT2D eigenvalue weighted by Gasteiger charge is -2.25. The van der Waals surface area contributed by atoms with Crippen LogP contribution < -0.4 is 5.73 Å². The molecule has 1 aromatic carbocycles. The van der Waals surface area contributed by atoms with Crippen molar-refractivity contribution in [1.29, 1.82) is 0 Å². The zero-order valence-corrected chi connectivity index (χ0v) is 11.1. The van der Waals surface area contributed by atoms with E-state index < -0.39 is 0 Å². The van der Waals surface area contributed by atoms with Crippen molar-refractivity contribution in [3.63, 3.8) is 0 Å². The fourth-order valence-corrected chi connectivity index (χ4v) is 2.98. The molecule has 1 saturated heterocycles. The van der Waals surface area contributed by atoms with Crippen LogP contribution in [0.4, 0.5) is 0 Å². The molecular formula is C16H20N2O. The van der Waals surface area contributed by atoms with E-state index in [1.807, 2.05) is 6.07 Å². The molecule has 3 nitrogen and oxygen atoms in total. The highest BCUT2D eigenvalue weighted by Gasteiger charge is 2.40. The molecule has 0 radical (unpaired) electrons. The minimum atomic E-state index is -0.00171. The first-order chi connectivity index (χ1) is 9.32. The Kier molecular flexibility index (Phi) is 3.40. The van der Waals surface area contributed by atoms with E-state index in [9.17, 15) is 0 Å². The monoisotopic (exact) mass is 256 g/mol. The van der Waals surface area contributed by atoms with E-state index in [-0.39, 0.29) is 5.41 Å². The Morgan fingerprint density at radius 1 is 1.16 bits per heavy atom. The van der Waals surface area contributed by atoms with E-state index in [2.05, 4.69) is 41.3 Å². The van der Waals surface area contributed by atoms with Gasteiger partial charge in [-0.05, 0) is 30.7 Å². The van der Waals surface area contributed by atoms with Gasteiger partial charge in [0.25, 0.3) is 0 Å². The average Bonchev–Trinajstić information content (AvgIpc) is 3.09. The van der Waals surface area contributed by atoms with Crippen LogP contribution in [0.25, 0.3) is 0 Å². The number of nitrogens with zero attached hydrogens (tertiary/aromatic N) is 1. The highest BCUT2D eigenvalue weighted by atomic mass is 16.3. The molecule has 1 fully saturated rings. The van der Waals surface area contributed by atoms with E-state index in [1.165, 1.54) is 5.56 Å². The molecule has 0 saturated carbocycles. The number of furan rings is 1. The maximum absolute atomic E-state index is 6.03. The second kappa shape index (κ2) is 5.19. The SMILES string of the molecule is NCC1(c2ccco2)CCN(Cc2ccccc2)C1.